The van der Waals surface area contributed by atoms with E-state index in [2.05, 4.69) is 0 Å². The number of carbonyl (C=O) groups is 2. The van der Waals surface area contributed by atoms with Crippen molar-refractivity contribution in [1.82, 2.24) is 0 Å². The van der Waals surface area contributed by atoms with Crippen LogP contribution in [0.5, 0.6) is 5.75 Å². The summed E-state index contributed by atoms with van der Waals surface area (Å²) >= 11 is 0. The van der Waals surface area contributed by atoms with Gasteiger partial charge in [0.15, 0.2) is 0 Å². The minimum Gasteiger partial charge on any atom is -0.461 e. The fraction of sp³-hybridized carbons (Fsp3) is 0.417. The van der Waals surface area contributed by atoms with E-state index in [0.717, 1.165) is 11.8 Å². The first-order valence-electron chi connectivity index (χ1n) is 10.5. The van der Waals surface area contributed by atoms with Crippen LogP contribution in [-0.4, -0.2) is 38.8 Å². The van der Waals surface area contributed by atoms with E-state index in [0.29, 0.717) is 5.56 Å². The molecule has 0 spiro atoms. The molecule has 8 nitrogen and oxygen atoms in total. The molecule has 33 heavy (non-hydrogen) atoms. The van der Waals surface area contributed by atoms with Crippen LogP contribution in [0.4, 0.5) is 0 Å². The Balaban J connectivity index is 2.23. The van der Waals surface area contributed by atoms with Gasteiger partial charge in [-0.05, 0) is 56.5 Å². The van der Waals surface area contributed by atoms with Crippen molar-refractivity contribution in [2.24, 2.45) is 11.7 Å². The SMILES string of the molecule is CC(C)(C)OC(=O)C(c1ccc(OS(C)(=O)=O)cc1)C(CN)CC(=O)OCc1ccccc1. The summed E-state index contributed by atoms with van der Waals surface area (Å²) in [7, 11) is -3.69. The molecule has 0 fully saturated rings. The Morgan fingerprint density at radius 1 is 1.00 bits per heavy atom. The number of carbonyl (C=O) groups excluding carboxylic acids is 2. The molecule has 2 N–H and O–H groups in total. The molecular formula is C24H31NO7S. The Bertz CT molecular complexity index is 1030. The molecule has 0 aliphatic carbocycles. The first kappa shape index (κ1) is 26.3. The van der Waals surface area contributed by atoms with E-state index in [1.807, 2.05) is 30.3 Å². The van der Waals surface area contributed by atoms with E-state index < -0.39 is 39.5 Å². The van der Waals surface area contributed by atoms with Crippen LogP contribution in [0.15, 0.2) is 54.6 Å². The standard InChI is InChI=1S/C24H31NO7S/c1-24(2,3)31-23(27)22(18-10-12-20(13-11-18)32-33(4,28)29)19(15-25)14-21(26)30-16-17-8-6-5-7-9-17/h5-13,19,22H,14-16,25H2,1-4H3. The lowest BCUT2D eigenvalue weighted by Gasteiger charge is -2.28. The second-order valence-corrected chi connectivity index (χ2v) is 10.3. The van der Waals surface area contributed by atoms with Gasteiger partial charge in [-0.2, -0.15) is 8.42 Å². The van der Waals surface area contributed by atoms with Crippen LogP contribution in [0, 0.1) is 5.92 Å². The Kier molecular flexibility index (Phi) is 9.01. The van der Waals surface area contributed by atoms with Crippen molar-refractivity contribution in [3.8, 4) is 5.75 Å². The van der Waals surface area contributed by atoms with Gasteiger partial charge in [-0.3, -0.25) is 9.59 Å². The second-order valence-electron chi connectivity index (χ2n) is 8.71. The molecule has 0 aliphatic heterocycles. The summed E-state index contributed by atoms with van der Waals surface area (Å²) in [6.45, 7) is 5.39. The number of hydrogen-bond donors (Lipinski definition) is 1. The van der Waals surface area contributed by atoms with Crippen molar-refractivity contribution in [3.05, 3.63) is 65.7 Å². The first-order chi connectivity index (χ1) is 15.4. The monoisotopic (exact) mass is 477 g/mol. The van der Waals surface area contributed by atoms with Gasteiger partial charge in [0.05, 0.1) is 18.6 Å². The maximum absolute atomic E-state index is 13.1. The van der Waals surface area contributed by atoms with Crippen molar-refractivity contribution in [3.63, 3.8) is 0 Å². The third-order valence-electron chi connectivity index (χ3n) is 4.59. The number of hydrogen-bond acceptors (Lipinski definition) is 8. The van der Waals surface area contributed by atoms with E-state index >= 15 is 0 Å². The Labute approximate surface area is 195 Å². The lowest BCUT2D eigenvalue weighted by Crippen LogP contribution is -2.35. The lowest BCUT2D eigenvalue weighted by atomic mass is 9.83. The molecule has 0 bridgehead atoms. The maximum Gasteiger partial charge on any atom is 0.314 e. The molecule has 0 aromatic heterocycles. The summed E-state index contributed by atoms with van der Waals surface area (Å²) in [5.41, 5.74) is 6.59. The Morgan fingerprint density at radius 2 is 1.61 bits per heavy atom. The number of ether oxygens (including phenoxy) is 2. The fourth-order valence-corrected chi connectivity index (χ4v) is 3.68. The minimum atomic E-state index is -3.69. The zero-order valence-electron chi connectivity index (χ0n) is 19.3. The molecule has 180 valence electrons. The van der Waals surface area contributed by atoms with Crippen LogP contribution in [0.25, 0.3) is 0 Å². The van der Waals surface area contributed by atoms with Crippen molar-refractivity contribution in [2.45, 2.75) is 45.3 Å². The highest BCUT2D eigenvalue weighted by Crippen LogP contribution is 2.31. The van der Waals surface area contributed by atoms with E-state index in [9.17, 15) is 18.0 Å². The Morgan fingerprint density at radius 3 is 2.12 bits per heavy atom. The smallest absolute Gasteiger partial charge is 0.314 e. The van der Waals surface area contributed by atoms with Crippen molar-refractivity contribution >= 4 is 22.1 Å². The van der Waals surface area contributed by atoms with Crippen LogP contribution in [0.1, 0.15) is 44.2 Å². The molecule has 0 heterocycles. The zero-order valence-corrected chi connectivity index (χ0v) is 20.1. The molecular weight excluding hydrogens is 446 g/mol. The van der Waals surface area contributed by atoms with Crippen molar-refractivity contribution in [1.29, 1.82) is 0 Å². The number of nitrogens with two attached hydrogens (primary N) is 1. The summed E-state index contributed by atoms with van der Waals surface area (Å²) in [6.07, 6.45) is 0.852. The maximum atomic E-state index is 13.1. The number of benzene rings is 2. The van der Waals surface area contributed by atoms with E-state index in [1.165, 1.54) is 12.1 Å². The molecule has 2 unspecified atom stereocenters. The van der Waals surface area contributed by atoms with Gasteiger partial charge in [-0.1, -0.05) is 42.5 Å². The van der Waals surface area contributed by atoms with Gasteiger partial charge >= 0.3 is 22.1 Å². The molecule has 2 aromatic rings. The van der Waals surface area contributed by atoms with Gasteiger partial charge in [0.2, 0.25) is 0 Å². The number of esters is 2. The summed E-state index contributed by atoms with van der Waals surface area (Å²) in [5.74, 6) is -2.36. The summed E-state index contributed by atoms with van der Waals surface area (Å²) in [5, 5.41) is 0. The van der Waals surface area contributed by atoms with Gasteiger partial charge in [0.25, 0.3) is 0 Å². The van der Waals surface area contributed by atoms with Gasteiger partial charge < -0.3 is 19.4 Å². The minimum absolute atomic E-state index is 0.0337. The molecule has 2 rings (SSSR count). The summed E-state index contributed by atoms with van der Waals surface area (Å²) in [4.78, 5) is 25.6. The third kappa shape index (κ3) is 9.23. The quantitative estimate of drug-likeness (QED) is 0.409. The van der Waals surface area contributed by atoms with Gasteiger partial charge in [-0.25, -0.2) is 0 Å². The number of rotatable bonds is 10. The highest BCUT2D eigenvalue weighted by molar-refractivity contribution is 7.86. The van der Waals surface area contributed by atoms with Crippen molar-refractivity contribution < 1.29 is 31.7 Å². The predicted molar refractivity (Wildman–Crippen MR) is 124 cm³/mol. The van der Waals surface area contributed by atoms with Crippen LogP contribution in [0.3, 0.4) is 0 Å². The van der Waals surface area contributed by atoms with Crippen LogP contribution < -0.4 is 9.92 Å². The van der Waals surface area contributed by atoms with E-state index in [4.69, 9.17) is 19.4 Å². The van der Waals surface area contributed by atoms with E-state index in [1.54, 1.807) is 32.9 Å². The average Bonchev–Trinajstić information content (AvgIpc) is 2.71. The Hall–Kier alpha value is -2.91. The molecule has 0 aliphatic rings. The summed E-state index contributed by atoms with van der Waals surface area (Å²) in [6, 6.07) is 15.3. The van der Waals surface area contributed by atoms with Gasteiger partial charge in [-0.15, -0.1) is 0 Å². The highest BCUT2D eigenvalue weighted by atomic mass is 32.2. The highest BCUT2D eigenvalue weighted by Gasteiger charge is 2.34. The van der Waals surface area contributed by atoms with Crippen LogP contribution >= 0.6 is 0 Å². The lowest BCUT2D eigenvalue weighted by molar-refractivity contribution is -0.159. The fourth-order valence-electron chi connectivity index (χ4n) is 3.22. The largest absolute Gasteiger partial charge is 0.461 e. The molecule has 2 atom stereocenters. The molecule has 0 saturated carbocycles. The van der Waals surface area contributed by atoms with Gasteiger partial charge in [0, 0.05) is 0 Å². The summed E-state index contributed by atoms with van der Waals surface area (Å²) < 4.78 is 38.5. The topological polar surface area (TPSA) is 122 Å². The molecule has 0 radical (unpaired) electrons. The van der Waals surface area contributed by atoms with Crippen molar-refractivity contribution in [2.75, 3.05) is 12.8 Å². The van der Waals surface area contributed by atoms with Crippen LogP contribution in [-0.2, 0) is 35.8 Å². The first-order valence-corrected chi connectivity index (χ1v) is 12.3. The zero-order chi connectivity index (χ0) is 24.6. The molecule has 9 heteroatoms. The van der Waals surface area contributed by atoms with Gasteiger partial charge in [0.1, 0.15) is 18.0 Å². The molecule has 0 saturated heterocycles. The normalized spacial score (nSPS) is 13.6. The van der Waals surface area contributed by atoms with E-state index in [-0.39, 0.29) is 25.3 Å². The van der Waals surface area contributed by atoms with Crippen LogP contribution in [0.2, 0.25) is 0 Å². The predicted octanol–water partition coefficient (Wildman–Crippen LogP) is 3.16. The second kappa shape index (κ2) is 11.3. The molecule has 0 amide bonds. The average molecular weight is 478 g/mol. The molecule has 2 aromatic carbocycles. The third-order valence-corrected chi connectivity index (χ3v) is 5.09.